The smallest absolute Gasteiger partial charge is 0.101 e. The first kappa shape index (κ1) is 14.3. The molecule has 104 valence electrons. The van der Waals surface area contributed by atoms with E-state index in [0.717, 1.165) is 18.5 Å². The third-order valence-corrected chi connectivity index (χ3v) is 4.75. The molecule has 2 rings (SSSR count). The molecule has 2 aromatic heterocycles. The molecule has 0 bridgehead atoms. The molecule has 0 spiro atoms. The zero-order valence-electron chi connectivity index (χ0n) is 12.2. The number of aromatic nitrogens is 2. The molecule has 2 unspecified atom stereocenters. The van der Waals surface area contributed by atoms with Crippen molar-refractivity contribution in [3.05, 3.63) is 39.3 Å². The molecule has 2 aromatic rings. The Bertz CT molecular complexity index is 528. The monoisotopic (exact) mass is 277 g/mol. The second kappa shape index (κ2) is 5.88. The lowest BCUT2D eigenvalue weighted by atomic mass is 10.0. The van der Waals surface area contributed by atoms with Gasteiger partial charge in [0.1, 0.15) is 6.04 Å². The number of hydrogen-bond donors (Lipinski definition) is 1. The van der Waals surface area contributed by atoms with E-state index in [-0.39, 0.29) is 12.1 Å². The molecular weight excluding hydrogens is 254 g/mol. The summed E-state index contributed by atoms with van der Waals surface area (Å²) in [5, 5.41) is 6.86. The van der Waals surface area contributed by atoms with Crippen LogP contribution in [0.3, 0.4) is 0 Å². The van der Waals surface area contributed by atoms with Gasteiger partial charge in [0, 0.05) is 16.6 Å². The third kappa shape index (κ3) is 2.60. The van der Waals surface area contributed by atoms with Gasteiger partial charge in [-0.3, -0.25) is 4.68 Å². The normalized spacial score (nSPS) is 14.6. The third-order valence-electron chi connectivity index (χ3n) is 3.80. The molecule has 0 amide bonds. The molecule has 0 aliphatic rings. The molecule has 0 saturated carbocycles. The van der Waals surface area contributed by atoms with Crippen molar-refractivity contribution < 1.29 is 0 Å². The molecule has 2 heterocycles. The fourth-order valence-corrected chi connectivity index (χ4v) is 3.56. The van der Waals surface area contributed by atoms with E-state index in [1.165, 1.54) is 16.1 Å². The summed E-state index contributed by atoms with van der Waals surface area (Å²) in [4.78, 5) is 1.29. The van der Waals surface area contributed by atoms with Gasteiger partial charge in [-0.15, -0.1) is 11.3 Å². The number of thiophene rings is 1. The van der Waals surface area contributed by atoms with Gasteiger partial charge in [-0.2, -0.15) is 5.10 Å². The average molecular weight is 277 g/mol. The van der Waals surface area contributed by atoms with E-state index in [1.54, 1.807) is 11.3 Å². The topological polar surface area (TPSA) is 43.8 Å². The first-order valence-electron chi connectivity index (χ1n) is 6.93. The lowest BCUT2D eigenvalue weighted by Crippen LogP contribution is -2.33. The van der Waals surface area contributed by atoms with Gasteiger partial charge in [-0.25, -0.2) is 0 Å². The fraction of sp³-hybridized carbons (Fsp3) is 0.533. The molecule has 3 nitrogen and oxygen atoms in total. The van der Waals surface area contributed by atoms with Crippen molar-refractivity contribution in [1.29, 1.82) is 0 Å². The van der Waals surface area contributed by atoms with Crippen molar-refractivity contribution in [2.75, 3.05) is 0 Å². The summed E-state index contributed by atoms with van der Waals surface area (Å²) in [6.07, 6.45) is 1.97. The molecule has 0 aliphatic carbocycles. The largest absolute Gasteiger partial charge is 0.326 e. The van der Waals surface area contributed by atoms with E-state index < -0.39 is 0 Å². The molecule has 0 radical (unpaired) electrons. The van der Waals surface area contributed by atoms with Crippen LogP contribution in [0.4, 0.5) is 0 Å². The lowest BCUT2D eigenvalue weighted by molar-refractivity contribution is 0.421. The van der Waals surface area contributed by atoms with Crippen molar-refractivity contribution in [1.82, 2.24) is 9.78 Å². The Morgan fingerprint density at radius 3 is 2.58 bits per heavy atom. The predicted molar refractivity (Wildman–Crippen MR) is 81.8 cm³/mol. The Kier molecular flexibility index (Phi) is 4.42. The Balaban J connectivity index is 2.50. The lowest BCUT2D eigenvalue weighted by Gasteiger charge is -2.24. The Morgan fingerprint density at radius 1 is 1.37 bits per heavy atom. The van der Waals surface area contributed by atoms with E-state index >= 15 is 0 Å². The average Bonchev–Trinajstić information content (AvgIpc) is 3.00. The summed E-state index contributed by atoms with van der Waals surface area (Å²) < 4.78 is 2.13. The minimum atomic E-state index is 0.0985. The molecular formula is C15H23N3S. The zero-order chi connectivity index (χ0) is 14.0. The van der Waals surface area contributed by atoms with Crippen LogP contribution < -0.4 is 5.73 Å². The standard InChI is InChI=1S/C15H23N3S/c1-5-12-10(3)17-18(11(12)4)15(13(16)6-2)14-8-7-9-19-14/h7-9,13,15H,5-6,16H2,1-4H3. The highest BCUT2D eigenvalue weighted by Crippen LogP contribution is 2.29. The van der Waals surface area contributed by atoms with Crippen LogP contribution in [-0.2, 0) is 6.42 Å². The van der Waals surface area contributed by atoms with Gasteiger partial charge in [0.15, 0.2) is 0 Å². The maximum atomic E-state index is 6.36. The van der Waals surface area contributed by atoms with Gasteiger partial charge < -0.3 is 5.73 Å². The van der Waals surface area contributed by atoms with Crippen molar-refractivity contribution in [2.24, 2.45) is 5.73 Å². The summed E-state index contributed by atoms with van der Waals surface area (Å²) in [6, 6.07) is 4.50. The van der Waals surface area contributed by atoms with Gasteiger partial charge in [0.25, 0.3) is 0 Å². The van der Waals surface area contributed by atoms with Gasteiger partial charge in [-0.05, 0) is 43.7 Å². The van der Waals surface area contributed by atoms with Crippen LogP contribution in [0.5, 0.6) is 0 Å². The van der Waals surface area contributed by atoms with Crippen molar-refractivity contribution in [2.45, 2.75) is 52.6 Å². The van der Waals surface area contributed by atoms with Crippen LogP contribution >= 0.6 is 11.3 Å². The number of nitrogens with zero attached hydrogens (tertiary/aromatic N) is 2. The molecule has 0 aromatic carbocycles. The Labute approximate surface area is 119 Å². The maximum absolute atomic E-state index is 6.36. The highest BCUT2D eigenvalue weighted by atomic mass is 32.1. The number of rotatable bonds is 5. The van der Waals surface area contributed by atoms with E-state index in [0.29, 0.717) is 0 Å². The van der Waals surface area contributed by atoms with Gasteiger partial charge in [-0.1, -0.05) is 19.9 Å². The molecule has 19 heavy (non-hydrogen) atoms. The van der Waals surface area contributed by atoms with Crippen LogP contribution in [0, 0.1) is 13.8 Å². The van der Waals surface area contributed by atoms with Gasteiger partial charge >= 0.3 is 0 Å². The molecule has 0 fully saturated rings. The quantitative estimate of drug-likeness (QED) is 0.909. The maximum Gasteiger partial charge on any atom is 0.101 e. The van der Waals surface area contributed by atoms with E-state index in [2.05, 4.69) is 49.9 Å². The van der Waals surface area contributed by atoms with Crippen LogP contribution in [0.1, 0.15) is 48.1 Å². The Hall–Kier alpha value is -1.13. The highest BCUT2D eigenvalue weighted by Gasteiger charge is 2.25. The van der Waals surface area contributed by atoms with Crippen LogP contribution in [-0.4, -0.2) is 15.8 Å². The number of nitrogens with two attached hydrogens (primary N) is 1. The molecule has 0 aliphatic heterocycles. The van der Waals surface area contributed by atoms with Gasteiger partial charge in [0.05, 0.1) is 5.69 Å². The number of hydrogen-bond acceptors (Lipinski definition) is 3. The van der Waals surface area contributed by atoms with Gasteiger partial charge in [0.2, 0.25) is 0 Å². The van der Waals surface area contributed by atoms with Crippen LogP contribution in [0.15, 0.2) is 17.5 Å². The molecule has 4 heteroatoms. The summed E-state index contributed by atoms with van der Waals surface area (Å²) in [6.45, 7) is 8.56. The summed E-state index contributed by atoms with van der Waals surface area (Å²) in [5.74, 6) is 0. The summed E-state index contributed by atoms with van der Waals surface area (Å²) >= 11 is 1.76. The molecule has 0 saturated heterocycles. The molecule has 2 N–H and O–H groups in total. The SMILES string of the molecule is CCc1c(C)nn(C(c2cccs2)C(N)CC)c1C. The van der Waals surface area contributed by atoms with Crippen molar-refractivity contribution in [3.8, 4) is 0 Å². The second-order valence-corrected chi connectivity index (χ2v) is 5.96. The highest BCUT2D eigenvalue weighted by molar-refractivity contribution is 7.10. The van der Waals surface area contributed by atoms with E-state index in [4.69, 9.17) is 10.8 Å². The first-order chi connectivity index (χ1) is 9.10. The minimum Gasteiger partial charge on any atom is -0.326 e. The Morgan fingerprint density at radius 2 is 2.11 bits per heavy atom. The van der Waals surface area contributed by atoms with Crippen molar-refractivity contribution in [3.63, 3.8) is 0 Å². The first-order valence-corrected chi connectivity index (χ1v) is 7.81. The predicted octanol–water partition coefficient (Wildman–Crippen LogP) is 3.45. The van der Waals surface area contributed by atoms with E-state index in [9.17, 15) is 0 Å². The fourth-order valence-electron chi connectivity index (χ4n) is 2.68. The van der Waals surface area contributed by atoms with Crippen LogP contribution in [0.25, 0.3) is 0 Å². The number of aryl methyl sites for hydroxylation is 1. The van der Waals surface area contributed by atoms with Crippen LogP contribution in [0.2, 0.25) is 0 Å². The minimum absolute atomic E-state index is 0.0985. The summed E-state index contributed by atoms with van der Waals surface area (Å²) in [7, 11) is 0. The summed E-state index contributed by atoms with van der Waals surface area (Å²) in [5.41, 5.74) is 10.1. The van der Waals surface area contributed by atoms with E-state index in [1.807, 2.05) is 0 Å². The second-order valence-electron chi connectivity index (χ2n) is 4.98. The van der Waals surface area contributed by atoms with Crippen molar-refractivity contribution >= 4 is 11.3 Å². The molecule has 2 atom stereocenters. The zero-order valence-corrected chi connectivity index (χ0v) is 13.0.